The Morgan fingerprint density at radius 3 is 2.92 bits per heavy atom. The first kappa shape index (κ1) is 25.4. The van der Waals surface area contributed by atoms with E-state index in [1.54, 1.807) is 23.1 Å². The molecule has 0 unspecified atom stereocenters. The van der Waals surface area contributed by atoms with Crippen molar-refractivity contribution < 1.29 is 9.53 Å². The van der Waals surface area contributed by atoms with Gasteiger partial charge in [-0.2, -0.15) is 5.10 Å². The summed E-state index contributed by atoms with van der Waals surface area (Å²) in [6.07, 6.45) is 7.66. The number of hydrogen-bond acceptors (Lipinski definition) is 9. The third-order valence-corrected chi connectivity index (χ3v) is 7.01. The van der Waals surface area contributed by atoms with Gasteiger partial charge in [-0.1, -0.05) is 12.1 Å². The number of hydrogen-bond donors (Lipinski definition) is 3. The topological polar surface area (TPSA) is 139 Å². The molecule has 1 aromatic carbocycles. The Balaban J connectivity index is 1.15. The van der Waals surface area contributed by atoms with Gasteiger partial charge in [0.2, 0.25) is 17.7 Å². The predicted molar refractivity (Wildman–Crippen MR) is 151 cm³/mol. The molecule has 0 saturated carbocycles. The van der Waals surface area contributed by atoms with Crippen molar-refractivity contribution in [1.82, 2.24) is 39.6 Å². The molecule has 5 aromatic rings. The minimum Gasteiger partial charge on any atom is -0.473 e. The van der Waals surface area contributed by atoms with E-state index in [1.807, 2.05) is 51.4 Å². The van der Waals surface area contributed by atoms with Crippen LogP contribution in [0.25, 0.3) is 22.2 Å². The van der Waals surface area contributed by atoms with Crippen LogP contribution in [-0.4, -0.2) is 71.2 Å². The molecule has 40 heavy (non-hydrogen) atoms. The molecule has 1 aliphatic heterocycles. The van der Waals surface area contributed by atoms with Gasteiger partial charge in [-0.3, -0.25) is 14.4 Å². The fourth-order valence-electron chi connectivity index (χ4n) is 4.91. The van der Waals surface area contributed by atoms with Crippen molar-refractivity contribution in [3.05, 3.63) is 66.5 Å². The summed E-state index contributed by atoms with van der Waals surface area (Å²) in [7, 11) is 1.89. The Morgan fingerprint density at radius 2 is 2.12 bits per heavy atom. The largest absolute Gasteiger partial charge is 0.473 e. The lowest BCUT2D eigenvalue weighted by Gasteiger charge is -2.16. The molecule has 6 rings (SSSR count). The summed E-state index contributed by atoms with van der Waals surface area (Å²) in [4.78, 5) is 35.7. The number of fused-ring (bicyclic) bond motifs is 1. The number of ether oxygens (including phenoxy) is 1. The maximum atomic E-state index is 13.0. The van der Waals surface area contributed by atoms with E-state index in [2.05, 4.69) is 40.6 Å². The molecule has 0 bridgehead atoms. The number of aryl methyl sites for hydroxylation is 3. The van der Waals surface area contributed by atoms with Crippen molar-refractivity contribution in [3.8, 4) is 17.1 Å². The Labute approximate surface area is 230 Å². The van der Waals surface area contributed by atoms with Gasteiger partial charge in [0.05, 0.1) is 23.4 Å². The third kappa shape index (κ3) is 5.34. The van der Waals surface area contributed by atoms with Crippen molar-refractivity contribution in [2.75, 3.05) is 30.3 Å². The van der Waals surface area contributed by atoms with Gasteiger partial charge in [0.1, 0.15) is 12.4 Å². The number of aromatic amines is 1. The molecule has 1 aliphatic rings. The minimum absolute atomic E-state index is 0.00530. The van der Waals surface area contributed by atoms with Crippen LogP contribution in [0, 0.1) is 13.8 Å². The van der Waals surface area contributed by atoms with Crippen molar-refractivity contribution in [3.63, 3.8) is 0 Å². The summed E-state index contributed by atoms with van der Waals surface area (Å²) in [6, 6.07) is 9.53. The third-order valence-electron chi connectivity index (χ3n) is 7.01. The maximum absolute atomic E-state index is 13.0. The van der Waals surface area contributed by atoms with Gasteiger partial charge in [0, 0.05) is 67.5 Å². The van der Waals surface area contributed by atoms with Crippen LogP contribution in [0.3, 0.4) is 0 Å². The van der Waals surface area contributed by atoms with Crippen molar-refractivity contribution in [2.24, 2.45) is 7.05 Å². The molecule has 1 fully saturated rings. The average molecular weight is 539 g/mol. The van der Waals surface area contributed by atoms with Crippen LogP contribution >= 0.6 is 0 Å². The van der Waals surface area contributed by atoms with Crippen LogP contribution in [0.5, 0.6) is 5.88 Å². The quantitative estimate of drug-likeness (QED) is 0.270. The molecule has 3 N–H and O–H groups in total. The molecule has 0 aliphatic carbocycles. The molecule has 12 heteroatoms. The van der Waals surface area contributed by atoms with Crippen LogP contribution in [0.1, 0.15) is 17.7 Å². The fraction of sp³-hybridized carbons (Fsp3) is 0.286. The standard InChI is InChI=1S/C28H30N10O2/c1-17-12-31-28(34-23-11-18(2)37(3)36-23)35-26(17)21-13-30-27-20(21)5-4-6-22(27)33-24(39)15-38-10-8-19(14-38)40-25-7-9-29-16-32-25/h4-7,9,11-13,16,19,30H,8,10,14-15H2,1-3H3,(H,33,39)(H,31,34,35,36)/t19-/m0/s1. The van der Waals surface area contributed by atoms with Crippen LogP contribution in [0.2, 0.25) is 0 Å². The predicted octanol–water partition coefficient (Wildman–Crippen LogP) is 3.60. The van der Waals surface area contributed by atoms with Gasteiger partial charge in [-0.05, 0) is 31.9 Å². The molecular formula is C28H30N10O2. The molecule has 204 valence electrons. The number of carbonyl (C=O) groups is 1. The fourth-order valence-corrected chi connectivity index (χ4v) is 4.91. The lowest BCUT2D eigenvalue weighted by Crippen LogP contribution is -2.33. The Morgan fingerprint density at radius 1 is 1.23 bits per heavy atom. The lowest BCUT2D eigenvalue weighted by atomic mass is 10.1. The SMILES string of the molecule is Cc1cnc(Nc2cc(C)n(C)n2)nc1-c1c[nH]c2c(NC(=O)CN3CC[C@H](Oc4ccncn4)C3)cccc12. The van der Waals surface area contributed by atoms with E-state index >= 15 is 0 Å². The van der Waals surface area contributed by atoms with E-state index in [1.165, 1.54) is 6.33 Å². The van der Waals surface area contributed by atoms with Gasteiger partial charge in [-0.15, -0.1) is 0 Å². The zero-order chi connectivity index (χ0) is 27.6. The number of amides is 1. The second kappa shape index (κ2) is 10.7. The highest BCUT2D eigenvalue weighted by Crippen LogP contribution is 2.33. The lowest BCUT2D eigenvalue weighted by molar-refractivity contribution is -0.117. The number of aromatic nitrogens is 7. The Kier molecular flexibility index (Phi) is 6.83. The second-order valence-corrected chi connectivity index (χ2v) is 9.93. The summed E-state index contributed by atoms with van der Waals surface area (Å²) in [5.41, 5.74) is 5.25. The first-order valence-electron chi connectivity index (χ1n) is 13.1. The molecule has 1 saturated heterocycles. The smallest absolute Gasteiger partial charge is 0.238 e. The number of likely N-dealkylation sites (tertiary alicyclic amines) is 1. The van der Waals surface area contributed by atoms with Gasteiger partial charge < -0.3 is 20.4 Å². The number of anilines is 3. The van der Waals surface area contributed by atoms with E-state index in [9.17, 15) is 4.79 Å². The number of rotatable bonds is 8. The number of nitrogens with zero attached hydrogens (tertiary/aromatic N) is 7. The highest BCUT2D eigenvalue weighted by Gasteiger charge is 2.26. The number of nitrogens with one attached hydrogen (secondary N) is 3. The second-order valence-electron chi connectivity index (χ2n) is 9.93. The van der Waals surface area contributed by atoms with Crippen molar-refractivity contribution in [1.29, 1.82) is 0 Å². The van der Waals surface area contributed by atoms with Crippen molar-refractivity contribution >= 4 is 34.3 Å². The van der Waals surface area contributed by atoms with E-state index in [0.29, 0.717) is 24.2 Å². The highest BCUT2D eigenvalue weighted by molar-refractivity contribution is 6.06. The molecule has 1 atom stereocenters. The monoisotopic (exact) mass is 538 g/mol. The van der Waals surface area contributed by atoms with Crippen LogP contribution in [0.4, 0.5) is 17.5 Å². The summed E-state index contributed by atoms with van der Waals surface area (Å²) in [5.74, 6) is 1.62. The molecule has 12 nitrogen and oxygen atoms in total. The maximum Gasteiger partial charge on any atom is 0.238 e. The van der Waals surface area contributed by atoms with Gasteiger partial charge in [0.25, 0.3) is 0 Å². The first-order valence-corrected chi connectivity index (χ1v) is 13.1. The van der Waals surface area contributed by atoms with Crippen LogP contribution in [-0.2, 0) is 11.8 Å². The molecule has 4 aromatic heterocycles. The summed E-state index contributed by atoms with van der Waals surface area (Å²) in [5, 5.41) is 11.7. The number of benzene rings is 1. The zero-order valence-corrected chi connectivity index (χ0v) is 22.5. The molecular weight excluding hydrogens is 508 g/mol. The van der Waals surface area contributed by atoms with Gasteiger partial charge in [-0.25, -0.2) is 19.9 Å². The van der Waals surface area contributed by atoms with Crippen LogP contribution < -0.4 is 15.4 Å². The van der Waals surface area contributed by atoms with Gasteiger partial charge >= 0.3 is 0 Å². The normalized spacial score (nSPS) is 15.4. The summed E-state index contributed by atoms with van der Waals surface area (Å²) in [6.45, 7) is 5.68. The number of para-hydroxylation sites is 1. The van der Waals surface area contributed by atoms with E-state index < -0.39 is 0 Å². The zero-order valence-electron chi connectivity index (χ0n) is 22.5. The molecule has 5 heterocycles. The highest BCUT2D eigenvalue weighted by atomic mass is 16.5. The van der Waals surface area contributed by atoms with Crippen LogP contribution in [0.15, 0.2) is 55.2 Å². The summed E-state index contributed by atoms with van der Waals surface area (Å²) >= 11 is 0. The number of carbonyl (C=O) groups excluding carboxylic acids is 1. The Bertz CT molecular complexity index is 1640. The molecule has 0 spiro atoms. The minimum atomic E-state index is -0.0818. The van der Waals surface area contributed by atoms with Gasteiger partial charge in [0.15, 0.2) is 5.82 Å². The van der Waals surface area contributed by atoms with E-state index in [0.717, 1.165) is 52.1 Å². The van der Waals surface area contributed by atoms with Crippen molar-refractivity contribution in [2.45, 2.75) is 26.4 Å². The number of H-pyrrole nitrogens is 1. The molecule has 1 amide bonds. The summed E-state index contributed by atoms with van der Waals surface area (Å²) < 4.78 is 7.71. The van der Waals surface area contributed by atoms with E-state index in [-0.39, 0.29) is 18.6 Å². The Hall–Kier alpha value is -4.84. The average Bonchev–Trinajstić information content (AvgIpc) is 3.65. The van der Waals surface area contributed by atoms with E-state index in [4.69, 9.17) is 9.72 Å². The molecule has 0 radical (unpaired) electrons. The first-order chi connectivity index (χ1) is 19.4.